The van der Waals surface area contributed by atoms with Crippen molar-refractivity contribution in [2.75, 3.05) is 0 Å². The predicted molar refractivity (Wildman–Crippen MR) is 96.4 cm³/mol. The fourth-order valence-corrected chi connectivity index (χ4v) is 2.90. The maximum atomic E-state index is 8.74. The molecule has 0 saturated heterocycles. The van der Waals surface area contributed by atoms with E-state index in [1.54, 1.807) is 0 Å². The molecule has 0 fully saturated rings. The van der Waals surface area contributed by atoms with Crippen LogP contribution in [0.15, 0.2) is 60.7 Å². The van der Waals surface area contributed by atoms with Gasteiger partial charge in [0.1, 0.15) is 5.69 Å². The van der Waals surface area contributed by atoms with Crippen molar-refractivity contribution in [3.63, 3.8) is 0 Å². The molecule has 0 saturated carbocycles. The SMILES string of the molecule is Cc1c(-c2ccccc2)n(C)[n+](C)c1-c1ccccc1.O=S(=O)(O)O. The standard InChI is InChI=1S/C18H19N2.H2O4S/c1-14-17(15-10-6-4-7-11-15)19(2)20(3)18(14)16-12-8-5-9-13-16;1-5(2,3)4/h4-13H,1-3H3;(H2,1,2,3,4)/q+1;. The molecule has 0 unspecified atom stereocenters. The Balaban J connectivity index is 0.000000399. The van der Waals surface area contributed by atoms with Crippen LogP contribution in [0, 0.1) is 6.92 Å². The monoisotopic (exact) mass is 361 g/mol. The molecule has 6 nitrogen and oxygen atoms in total. The first-order valence-corrected chi connectivity index (χ1v) is 8.96. The maximum Gasteiger partial charge on any atom is 0.394 e. The molecular formula is C18H21N2O4S+. The van der Waals surface area contributed by atoms with Gasteiger partial charge in [-0.1, -0.05) is 48.5 Å². The number of benzene rings is 2. The third-order valence-electron chi connectivity index (χ3n) is 3.90. The summed E-state index contributed by atoms with van der Waals surface area (Å²) >= 11 is 0. The maximum absolute atomic E-state index is 8.74. The molecule has 3 rings (SSSR count). The molecule has 1 aromatic heterocycles. The summed E-state index contributed by atoms with van der Waals surface area (Å²) in [6, 6.07) is 21.1. The number of aromatic nitrogens is 2. The van der Waals surface area contributed by atoms with Gasteiger partial charge in [0, 0.05) is 11.1 Å². The highest BCUT2D eigenvalue weighted by Crippen LogP contribution is 2.29. The lowest BCUT2D eigenvalue weighted by Crippen LogP contribution is -2.39. The van der Waals surface area contributed by atoms with Crippen LogP contribution in [0.5, 0.6) is 0 Å². The molecule has 2 aromatic carbocycles. The van der Waals surface area contributed by atoms with E-state index in [4.69, 9.17) is 17.5 Å². The van der Waals surface area contributed by atoms with Crippen LogP contribution in [0.1, 0.15) is 5.56 Å². The van der Waals surface area contributed by atoms with Gasteiger partial charge in [0.25, 0.3) is 0 Å². The fraction of sp³-hybridized carbons (Fsp3) is 0.167. The molecule has 132 valence electrons. The van der Waals surface area contributed by atoms with E-state index in [9.17, 15) is 0 Å². The van der Waals surface area contributed by atoms with Gasteiger partial charge in [-0.3, -0.25) is 9.11 Å². The van der Waals surface area contributed by atoms with Crippen LogP contribution < -0.4 is 4.68 Å². The van der Waals surface area contributed by atoms with Gasteiger partial charge in [-0.15, -0.1) is 4.68 Å². The normalized spacial score (nSPS) is 10.9. The van der Waals surface area contributed by atoms with E-state index in [-0.39, 0.29) is 0 Å². The van der Waals surface area contributed by atoms with Crippen LogP contribution in [0.2, 0.25) is 0 Å². The second-order valence-corrected chi connectivity index (χ2v) is 6.44. The Kier molecular flexibility index (Phi) is 5.73. The average Bonchev–Trinajstić information content (AvgIpc) is 2.77. The molecule has 0 aliphatic rings. The van der Waals surface area contributed by atoms with Crippen molar-refractivity contribution in [2.45, 2.75) is 6.92 Å². The third-order valence-corrected chi connectivity index (χ3v) is 3.90. The van der Waals surface area contributed by atoms with Crippen molar-refractivity contribution in [3.05, 3.63) is 66.2 Å². The van der Waals surface area contributed by atoms with Gasteiger partial charge in [0.15, 0.2) is 7.05 Å². The molecule has 0 bridgehead atoms. The molecule has 0 aliphatic heterocycles. The van der Waals surface area contributed by atoms with Gasteiger partial charge in [-0.25, -0.2) is 0 Å². The quantitative estimate of drug-likeness (QED) is 0.543. The number of nitrogens with zero attached hydrogens (tertiary/aromatic N) is 2. The molecule has 0 aliphatic carbocycles. The number of rotatable bonds is 2. The first-order valence-electron chi connectivity index (χ1n) is 7.56. The minimum atomic E-state index is -4.67. The van der Waals surface area contributed by atoms with Crippen LogP contribution in [0.4, 0.5) is 0 Å². The Morgan fingerprint density at radius 2 is 1.28 bits per heavy atom. The lowest BCUT2D eigenvalue weighted by Gasteiger charge is -2.00. The lowest BCUT2D eigenvalue weighted by atomic mass is 10.0. The van der Waals surface area contributed by atoms with E-state index in [0.717, 1.165) is 0 Å². The van der Waals surface area contributed by atoms with E-state index in [2.05, 4.69) is 91.0 Å². The zero-order chi connectivity index (χ0) is 18.6. The van der Waals surface area contributed by atoms with E-state index >= 15 is 0 Å². The van der Waals surface area contributed by atoms with E-state index < -0.39 is 10.4 Å². The molecule has 0 spiro atoms. The van der Waals surface area contributed by atoms with Crippen molar-refractivity contribution < 1.29 is 22.2 Å². The number of hydrogen-bond acceptors (Lipinski definition) is 2. The first-order chi connectivity index (χ1) is 11.7. The largest absolute Gasteiger partial charge is 0.394 e. The highest BCUT2D eigenvalue weighted by Gasteiger charge is 2.24. The van der Waals surface area contributed by atoms with Crippen molar-refractivity contribution in [3.8, 4) is 22.5 Å². The van der Waals surface area contributed by atoms with E-state index in [1.807, 2.05) is 0 Å². The first kappa shape index (κ1) is 18.9. The summed E-state index contributed by atoms with van der Waals surface area (Å²) in [5.74, 6) is 0. The average molecular weight is 361 g/mol. The zero-order valence-corrected chi connectivity index (χ0v) is 15.1. The van der Waals surface area contributed by atoms with Crippen LogP contribution >= 0.6 is 0 Å². The molecule has 1 heterocycles. The van der Waals surface area contributed by atoms with Gasteiger partial charge in [-0.05, 0) is 19.1 Å². The van der Waals surface area contributed by atoms with Crippen molar-refractivity contribution in [1.29, 1.82) is 0 Å². The molecule has 25 heavy (non-hydrogen) atoms. The van der Waals surface area contributed by atoms with Gasteiger partial charge < -0.3 is 0 Å². The molecule has 0 amide bonds. The summed E-state index contributed by atoms with van der Waals surface area (Å²) in [7, 11) is -0.441. The molecule has 0 atom stereocenters. The van der Waals surface area contributed by atoms with Crippen LogP contribution in [0.3, 0.4) is 0 Å². The topological polar surface area (TPSA) is 83.4 Å². The second-order valence-electron chi connectivity index (χ2n) is 5.55. The van der Waals surface area contributed by atoms with Gasteiger partial charge in [0.2, 0.25) is 5.69 Å². The predicted octanol–water partition coefficient (Wildman–Crippen LogP) is 2.84. The number of hydrogen-bond donors (Lipinski definition) is 2. The summed E-state index contributed by atoms with van der Waals surface area (Å²) in [5, 5.41) is 0. The minimum Gasteiger partial charge on any atom is -0.264 e. The van der Waals surface area contributed by atoms with Crippen LogP contribution in [-0.4, -0.2) is 22.2 Å². The van der Waals surface area contributed by atoms with E-state index in [1.165, 1.54) is 28.1 Å². The molecule has 0 radical (unpaired) electrons. The Labute approximate surface area is 147 Å². The summed E-state index contributed by atoms with van der Waals surface area (Å²) in [4.78, 5) is 0. The highest BCUT2D eigenvalue weighted by atomic mass is 32.3. The van der Waals surface area contributed by atoms with Gasteiger partial charge in [0.05, 0.1) is 12.6 Å². The van der Waals surface area contributed by atoms with Crippen LogP contribution in [-0.2, 0) is 24.5 Å². The summed E-state index contributed by atoms with van der Waals surface area (Å²) in [5.41, 5.74) is 6.36. The third kappa shape index (κ3) is 4.76. The van der Waals surface area contributed by atoms with Crippen LogP contribution in [0.25, 0.3) is 22.5 Å². The summed E-state index contributed by atoms with van der Waals surface area (Å²) in [6.07, 6.45) is 0. The van der Waals surface area contributed by atoms with E-state index in [0.29, 0.717) is 0 Å². The Morgan fingerprint density at radius 3 is 1.72 bits per heavy atom. The lowest BCUT2D eigenvalue weighted by molar-refractivity contribution is -0.740. The van der Waals surface area contributed by atoms with Gasteiger partial charge >= 0.3 is 10.4 Å². The van der Waals surface area contributed by atoms with Gasteiger partial charge in [-0.2, -0.15) is 13.1 Å². The zero-order valence-electron chi connectivity index (χ0n) is 14.3. The Hall–Kier alpha value is -2.48. The van der Waals surface area contributed by atoms with Crippen molar-refractivity contribution in [1.82, 2.24) is 4.68 Å². The van der Waals surface area contributed by atoms with Crippen molar-refractivity contribution in [2.24, 2.45) is 14.1 Å². The van der Waals surface area contributed by atoms with Crippen molar-refractivity contribution >= 4 is 10.4 Å². The molecule has 3 aromatic rings. The fourth-order valence-electron chi connectivity index (χ4n) is 2.90. The summed E-state index contributed by atoms with van der Waals surface area (Å²) < 4.78 is 36.0. The highest BCUT2D eigenvalue weighted by molar-refractivity contribution is 7.79. The second kappa shape index (κ2) is 7.60. The minimum absolute atomic E-state index is 1.25. The smallest absolute Gasteiger partial charge is 0.264 e. The molecule has 7 heteroatoms. The Bertz CT molecular complexity index is 879. The Morgan fingerprint density at radius 1 is 0.880 bits per heavy atom. The summed E-state index contributed by atoms with van der Waals surface area (Å²) in [6.45, 7) is 2.20. The molecule has 2 N–H and O–H groups in total. The molecular weight excluding hydrogens is 340 g/mol.